The van der Waals surface area contributed by atoms with Crippen molar-refractivity contribution in [3.05, 3.63) is 52.0 Å². The van der Waals surface area contributed by atoms with Crippen LogP contribution in [0.5, 0.6) is 0 Å². The first-order valence-electron chi connectivity index (χ1n) is 6.68. The number of rotatable bonds is 3. The zero-order chi connectivity index (χ0) is 15.5. The van der Waals surface area contributed by atoms with Gasteiger partial charge in [-0.2, -0.15) is 5.26 Å². The summed E-state index contributed by atoms with van der Waals surface area (Å²) in [6, 6.07) is 10.0. The van der Waals surface area contributed by atoms with Crippen molar-refractivity contribution < 1.29 is 0 Å². The van der Waals surface area contributed by atoms with Crippen molar-refractivity contribution in [2.75, 3.05) is 5.32 Å². The smallest absolute Gasteiger partial charge is 0.227 e. The second-order valence-corrected chi connectivity index (χ2v) is 5.77. The number of nitrogens with zero attached hydrogens (tertiary/aromatic N) is 4. The van der Waals surface area contributed by atoms with Crippen LogP contribution in [0.1, 0.15) is 16.1 Å². The van der Waals surface area contributed by atoms with Gasteiger partial charge in [0.25, 0.3) is 0 Å². The Morgan fingerprint density at radius 3 is 2.55 bits per heavy atom. The Morgan fingerprint density at radius 2 is 1.86 bits per heavy atom. The highest BCUT2D eigenvalue weighted by Gasteiger charge is 2.07. The lowest BCUT2D eigenvalue weighted by atomic mass is 10.1. The molecular formula is C16H13N5S. The molecule has 0 bridgehead atoms. The predicted octanol–water partition coefficient (Wildman–Crippen LogP) is 3.83. The molecule has 0 amide bonds. The standard InChI is InChI=1S/C16H13N5S/c1-10-5-11(2)7-12(6-10)19-16-18-4-3-13(21-16)14-9-22-15(8-17)20-14/h3-7,9H,1-2H3,(H,18,19,21). The summed E-state index contributed by atoms with van der Waals surface area (Å²) >= 11 is 1.31. The Kier molecular flexibility index (Phi) is 3.81. The van der Waals surface area contributed by atoms with E-state index in [9.17, 15) is 0 Å². The van der Waals surface area contributed by atoms with Gasteiger partial charge in [0.2, 0.25) is 5.95 Å². The maximum atomic E-state index is 8.85. The van der Waals surface area contributed by atoms with Crippen LogP contribution in [0.25, 0.3) is 11.4 Å². The average molecular weight is 307 g/mol. The minimum absolute atomic E-state index is 0.428. The van der Waals surface area contributed by atoms with E-state index >= 15 is 0 Å². The van der Waals surface area contributed by atoms with Crippen molar-refractivity contribution in [3.8, 4) is 17.5 Å². The number of anilines is 2. The van der Waals surface area contributed by atoms with Gasteiger partial charge in [0.05, 0.1) is 5.69 Å². The maximum Gasteiger partial charge on any atom is 0.227 e. The topological polar surface area (TPSA) is 74.5 Å². The van der Waals surface area contributed by atoms with Crippen LogP contribution < -0.4 is 5.32 Å². The Balaban J connectivity index is 1.89. The molecule has 0 atom stereocenters. The molecule has 6 heteroatoms. The van der Waals surface area contributed by atoms with Crippen LogP contribution in [-0.4, -0.2) is 15.0 Å². The molecule has 2 aromatic heterocycles. The van der Waals surface area contributed by atoms with Crippen LogP contribution in [0.4, 0.5) is 11.6 Å². The fourth-order valence-corrected chi connectivity index (χ4v) is 2.78. The van der Waals surface area contributed by atoms with E-state index in [1.165, 1.54) is 22.5 Å². The van der Waals surface area contributed by atoms with Crippen molar-refractivity contribution in [2.24, 2.45) is 0 Å². The number of benzene rings is 1. The molecule has 0 unspecified atom stereocenters. The van der Waals surface area contributed by atoms with Gasteiger partial charge in [-0.1, -0.05) is 6.07 Å². The van der Waals surface area contributed by atoms with Crippen LogP contribution >= 0.6 is 11.3 Å². The second kappa shape index (κ2) is 5.92. The molecule has 2 heterocycles. The second-order valence-electron chi connectivity index (χ2n) is 4.92. The predicted molar refractivity (Wildman–Crippen MR) is 87.1 cm³/mol. The molecule has 0 aliphatic heterocycles. The minimum atomic E-state index is 0.428. The molecule has 3 rings (SSSR count). The van der Waals surface area contributed by atoms with Gasteiger partial charge in [0, 0.05) is 17.3 Å². The Labute approximate surface area is 132 Å². The fourth-order valence-electron chi connectivity index (χ4n) is 2.18. The van der Waals surface area contributed by atoms with Gasteiger partial charge in [0.1, 0.15) is 11.8 Å². The molecule has 3 aromatic rings. The van der Waals surface area contributed by atoms with Gasteiger partial charge >= 0.3 is 0 Å². The lowest BCUT2D eigenvalue weighted by Crippen LogP contribution is -1.98. The van der Waals surface area contributed by atoms with E-state index in [0.717, 1.165) is 5.69 Å². The summed E-state index contributed by atoms with van der Waals surface area (Å²) in [6.45, 7) is 4.10. The molecule has 0 spiro atoms. The lowest BCUT2D eigenvalue weighted by molar-refractivity contribution is 1.15. The first-order valence-corrected chi connectivity index (χ1v) is 7.56. The van der Waals surface area contributed by atoms with E-state index in [-0.39, 0.29) is 0 Å². The van der Waals surface area contributed by atoms with E-state index in [0.29, 0.717) is 22.3 Å². The molecule has 0 radical (unpaired) electrons. The summed E-state index contributed by atoms with van der Waals surface area (Å²) in [5.74, 6) is 0.508. The van der Waals surface area contributed by atoms with E-state index in [4.69, 9.17) is 5.26 Å². The summed E-state index contributed by atoms with van der Waals surface area (Å²) < 4.78 is 0. The summed E-state index contributed by atoms with van der Waals surface area (Å²) in [6.07, 6.45) is 1.68. The number of nitriles is 1. The number of aryl methyl sites for hydroxylation is 2. The fraction of sp³-hybridized carbons (Fsp3) is 0.125. The molecular weight excluding hydrogens is 294 g/mol. The van der Waals surface area contributed by atoms with Crippen molar-refractivity contribution in [3.63, 3.8) is 0 Å². The van der Waals surface area contributed by atoms with Crippen LogP contribution in [0.15, 0.2) is 35.8 Å². The summed E-state index contributed by atoms with van der Waals surface area (Å²) in [5, 5.41) is 14.3. The van der Waals surface area contributed by atoms with E-state index in [2.05, 4.69) is 26.3 Å². The number of thiazole rings is 1. The van der Waals surface area contributed by atoms with Gasteiger partial charge in [-0.15, -0.1) is 11.3 Å². The Hall–Kier alpha value is -2.78. The first-order chi connectivity index (χ1) is 10.6. The Morgan fingerprint density at radius 1 is 1.09 bits per heavy atom. The van der Waals surface area contributed by atoms with Gasteiger partial charge in [-0.25, -0.2) is 15.0 Å². The highest BCUT2D eigenvalue weighted by Crippen LogP contribution is 2.22. The highest BCUT2D eigenvalue weighted by molar-refractivity contribution is 7.10. The molecule has 0 aliphatic rings. The molecule has 5 nitrogen and oxygen atoms in total. The zero-order valence-corrected chi connectivity index (χ0v) is 13.0. The van der Waals surface area contributed by atoms with Crippen LogP contribution in [-0.2, 0) is 0 Å². The first kappa shape index (κ1) is 14.2. The monoisotopic (exact) mass is 307 g/mol. The number of hydrogen-bond acceptors (Lipinski definition) is 6. The summed E-state index contributed by atoms with van der Waals surface area (Å²) in [5.41, 5.74) is 4.69. The third kappa shape index (κ3) is 3.10. The van der Waals surface area contributed by atoms with Gasteiger partial charge in [-0.3, -0.25) is 0 Å². The number of hydrogen-bond donors (Lipinski definition) is 1. The lowest BCUT2D eigenvalue weighted by Gasteiger charge is -2.07. The molecule has 1 N–H and O–H groups in total. The van der Waals surface area contributed by atoms with Crippen molar-refractivity contribution in [1.29, 1.82) is 5.26 Å². The summed E-state index contributed by atoms with van der Waals surface area (Å²) in [4.78, 5) is 12.9. The molecule has 0 saturated heterocycles. The van der Waals surface area contributed by atoms with Crippen LogP contribution in [0, 0.1) is 25.2 Å². The van der Waals surface area contributed by atoms with Gasteiger partial charge < -0.3 is 5.32 Å². The van der Waals surface area contributed by atoms with Gasteiger partial charge in [0.15, 0.2) is 5.01 Å². The van der Waals surface area contributed by atoms with Crippen LogP contribution in [0.2, 0.25) is 0 Å². The quantitative estimate of drug-likeness (QED) is 0.796. The van der Waals surface area contributed by atoms with E-state index in [1.807, 2.05) is 37.4 Å². The molecule has 0 aliphatic carbocycles. The third-order valence-corrected chi connectivity index (χ3v) is 3.74. The average Bonchev–Trinajstić information content (AvgIpc) is 2.95. The minimum Gasteiger partial charge on any atom is -0.324 e. The van der Waals surface area contributed by atoms with Crippen molar-refractivity contribution >= 4 is 23.0 Å². The maximum absolute atomic E-state index is 8.85. The number of aromatic nitrogens is 3. The van der Waals surface area contributed by atoms with E-state index < -0.39 is 0 Å². The zero-order valence-electron chi connectivity index (χ0n) is 12.2. The largest absolute Gasteiger partial charge is 0.324 e. The molecule has 1 aromatic carbocycles. The SMILES string of the molecule is Cc1cc(C)cc(Nc2nccc(-c3csc(C#N)n3)n2)c1. The molecule has 108 valence electrons. The normalized spacial score (nSPS) is 10.2. The van der Waals surface area contributed by atoms with E-state index in [1.54, 1.807) is 12.3 Å². The van der Waals surface area contributed by atoms with Crippen LogP contribution in [0.3, 0.4) is 0 Å². The number of nitrogens with one attached hydrogen (secondary N) is 1. The Bertz CT molecular complexity index is 843. The molecule has 0 saturated carbocycles. The summed E-state index contributed by atoms with van der Waals surface area (Å²) in [7, 11) is 0. The highest BCUT2D eigenvalue weighted by atomic mass is 32.1. The third-order valence-electron chi connectivity index (χ3n) is 3.00. The van der Waals surface area contributed by atoms with Crippen molar-refractivity contribution in [1.82, 2.24) is 15.0 Å². The van der Waals surface area contributed by atoms with Crippen molar-refractivity contribution in [2.45, 2.75) is 13.8 Å². The molecule has 22 heavy (non-hydrogen) atoms. The molecule has 0 fully saturated rings. The van der Waals surface area contributed by atoms with Gasteiger partial charge in [-0.05, 0) is 43.2 Å².